The molecule has 2 amide bonds. The van der Waals surface area contributed by atoms with Crippen LogP contribution in [0, 0.1) is 0 Å². The van der Waals surface area contributed by atoms with E-state index in [0.29, 0.717) is 19.6 Å². The molecule has 1 heterocycles. The highest BCUT2D eigenvalue weighted by Gasteiger charge is 2.23. The topological polar surface area (TPSA) is 82.7 Å². The lowest BCUT2D eigenvalue weighted by Gasteiger charge is -2.35. The van der Waals surface area contributed by atoms with E-state index in [-0.39, 0.29) is 18.2 Å². The molecule has 150 valence electrons. The minimum atomic E-state index is -0.159. The summed E-state index contributed by atoms with van der Waals surface area (Å²) in [7, 11) is 0. The van der Waals surface area contributed by atoms with Gasteiger partial charge in [-0.05, 0) is 25.3 Å². The second kappa shape index (κ2) is 12.3. The number of amides is 2. The van der Waals surface area contributed by atoms with Crippen molar-refractivity contribution in [3.63, 3.8) is 0 Å². The van der Waals surface area contributed by atoms with Crippen molar-refractivity contribution in [2.24, 2.45) is 0 Å². The number of carbonyl (C=O) groups is 2. The Hall–Kier alpha value is -2.12. The molecule has 27 heavy (non-hydrogen) atoms. The average Bonchev–Trinajstić information content (AvgIpc) is 2.70. The highest BCUT2D eigenvalue weighted by molar-refractivity contribution is 5.74. The number of ether oxygens (including phenoxy) is 1. The first-order valence-electron chi connectivity index (χ1n) is 9.90. The maximum atomic E-state index is 12.4. The van der Waals surface area contributed by atoms with E-state index < -0.39 is 0 Å². The molecule has 0 aromatic heterocycles. The number of esters is 1. The van der Waals surface area contributed by atoms with Crippen LogP contribution in [-0.4, -0.2) is 56.2 Å². The number of hydrogen-bond acceptors (Lipinski definition) is 5. The normalized spacial score (nSPS) is 15.7. The van der Waals surface area contributed by atoms with Gasteiger partial charge in [0.15, 0.2) is 0 Å². The summed E-state index contributed by atoms with van der Waals surface area (Å²) in [5, 5.41) is 9.37. The minimum Gasteiger partial charge on any atom is -0.466 e. The number of urea groups is 1. The van der Waals surface area contributed by atoms with Crippen molar-refractivity contribution in [2.45, 2.75) is 38.8 Å². The van der Waals surface area contributed by atoms with Gasteiger partial charge in [-0.1, -0.05) is 36.8 Å². The Bertz CT molecular complexity index is 562. The van der Waals surface area contributed by atoms with Crippen LogP contribution in [0.25, 0.3) is 0 Å². The molecule has 1 unspecified atom stereocenters. The zero-order valence-electron chi connectivity index (χ0n) is 16.2. The lowest BCUT2D eigenvalue weighted by Crippen LogP contribution is -2.51. The molecule has 2 rings (SSSR count). The second-order valence-corrected chi connectivity index (χ2v) is 6.62. The van der Waals surface area contributed by atoms with Gasteiger partial charge in [-0.15, -0.1) is 0 Å². The van der Waals surface area contributed by atoms with Crippen molar-refractivity contribution < 1.29 is 14.3 Å². The molecular formula is C20H32N4O3. The number of piperazine rings is 1. The highest BCUT2D eigenvalue weighted by Crippen LogP contribution is 2.18. The zero-order valence-corrected chi connectivity index (χ0v) is 16.2. The fourth-order valence-corrected chi connectivity index (χ4v) is 3.14. The molecule has 1 aromatic carbocycles. The molecule has 1 fully saturated rings. The molecule has 0 bridgehead atoms. The monoisotopic (exact) mass is 376 g/mol. The van der Waals surface area contributed by atoms with Gasteiger partial charge in [-0.25, -0.2) is 4.79 Å². The quantitative estimate of drug-likeness (QED) is 0.430. The second-order valence-electron chi connectivity index (χ2n) is 6.62. The van der Waals surface area contributed by atoms with Crippen molar-refractivity contribution in [2.75, 3.05) is 39.3 Å². The molecule has 1 saturated heterocycles. The molecule has 1 atom stereocenters. The first-order chi connectivity index (χ1) is 13.2. The first kappa shape index (κ1) is 21.2. The smallest absolute Gasteiger partial charge is 0.316 e. The lowest BCUT2D eigenvalue weighted by atomic mass is 10.1. The van der Waals surface area contributed by atoms with Crippen LogP contribution in [0.15, 0.2) is 30.3 Å². The summed E-state index contributed by atoms with van der Waals surface area (Å²) in [5.74, 6) is -0.148. The predicted molar refractivity (Wildman–Crippen MR) is 105 cm³/mol. The molecule has 0 aliphatic carbocycles. The number of nitrogens with one attached hydrogen (secondary N) is 3. The Kier molecular flexibility index (Phi) is 9.65. The number of rotatable bonds is 10. The van der Waals surface area contributed by atoms with E-state index >= 15 is 0 Å². The Labute approximate surface area is 161 Å². The van der Waals surface area contributed by atoms with Gasteiger partial charge in [0.1, 0.15) is 6.17 Å². The Morgan fingerprint density at radius 1 is 1.15 bits per heavy atom. The number of nitrogens with zero attached hydrogens (tertiary/aromatic N) is 1. The first-order valence-corrected chi connectivity index (χ1v) is 9.90. The minimum absolute atomic E-state index is 0.128. The standard InChI is InChI=1S/C20H32N4O3/c1-2-27-18(25)11-7-4-8-12-22-20(26)23-19(17-9-5-3-6-10-17)24-15-13-21-14-16-24/h3,5-6,9-10,19,21H,2,4,7-8,11-16H2,1H3,(H2,22,23,26). The van der Waals surface area contributed by atoms with Crippen LogP contribution >= 0.6 is 0 Å². The van der Waals surface area contributed by atoms with Crippen molar-refractivity contribution in [1.29, 1.82) is 0 Å². The van der Waals surface area contributed by atoms with Gasteiger partial charge in [0, 0.05) is 39.1 Å². The van der Waals surface area contributed by atoms with Gasteiger partial charge in [0.2, 0.25) is 0 Å². The summed E-state index contributed by atoms with van der Waals surface area (Å²) in [6, 6.07) is 9.90. The Balaban J connectivity index is 1.73. The van der Waals surface area contributed by atoms with Crippen LogP contribution in [0.2, 0.25) is 0 Å². The highest BCUT2D eigenvalue weighted by atomic mass is 16.5. The third-order valence-corrected chi connectivity index (χ3v) is 4.55. The fourth-order valence-electron chi connectivity index (χ4n) is 3.14. The summed E-state index contributed by atoms with van der Waals surface area (Å²) >= 11 is 0. The molecule has 3 N–H and O–H groups in total. The van der Waals surface area contributed by atoms with Gasteiger partial charge in [-0.3, -0.25) is 9.69 Å². The van der Waals surface area contributed by atoms with E-state index in [2.05, 4.69) is 20.9 Å². The van der Waals surface area contributed by atoms with E-state index in [1.165, 1.54) is 0 Å². The van der Waals surface area contributed by atoms with E-state index in [1.54, 1.807) is 0 Å². The lowest BCUT2D eigenvalue weighted by molar-refractivity contribution is -0.143. The number of unbranched alkanes of at least 4 members (excludes halogenated alkanes) is 2. The van der Waals surface area contributed by atoms with Crippen LogP contribution in [0.3, 0.4) is 0 Å². The molecule has 7 nitrogen and oxygen atoms in total. The van der Waals surface area contributed by atoms with Crippen molar-refractivity contribution in [3.8, 4) is 0 Å². The Morgan fingerprint density at radius 2 is 1.89 bits per heavy atom. The van der Waals surface area contributed by atoms with Gasteiger partial charge in [0.05, 0.1) is 6.61 Å². The van der Waals surface area contributed by atoms with Crippen LogP contribution in [0.4, 0.5) is 4.79 Å². The van der Waals surface area contributed by atoms with Crippen LogP contribution in [-0.2, 0) is 9.53 Å². The molecule has 0 radical (unpaired) electrons. The summed E-state index contributed by atoms with van der Waals surface area (Å²) in [6.07, 6.45) is 2.83. The molecule has 1 aliphatic rings. The molecule has 7 heteroatoms. The summed E-state index contributed by atoms with van der Waals surface area (Å²) in [5.41, 5.74) is 1.09. The fraction of sp³-hybridized carbons (Fsp3) is 0.600. The van der Waals surface area contributed by atoms with Crippen molar-refractivity contribution >= 4 is 12.0 Å². The van der Waals surface area contributed by atoms with E-state index in [4.69, 9.17) is 4.74 Å². The SMILES string of the molecule is CCOC(=O)CCCCCNC(=O)NC(c1ccccc1)N1CCNCC1. The predicted octanol–water partition coefficient (Wildman–Crippen LogP) is 2.01. The maximum Gasteiger partial charge on any atom is 0.316 e. The van der Waals surface area contributed by atoms with Crippen LogP contribution in [0.1, 0.15) is 44.3 Å². The number of hydrogen-bond donors (Lipinski definition) is 3. The number of benzene rings is 1. The number of carbonyl (C=O) groups excluding carboxylic acids is 2. The van der Waals surface area contributed by atoms with Gasteiger partial charge in [0.25, 0.3) is 0 Å². The summed E-state index contributed by atoms with van der Waals surface area (Å²) < 4.78 is 4.90. The molecular weight excluding hydrogens is 344 g/mol. The molecule has 1 aromatic rings. The average molecular weight is 377 g/mol. The van der Waals surface area contributed by atoms with Crippen LogP contribution < -0.4 is 16.0 Å². The largest absolute Gasteiger partial charge is 0.466 e. The Morgan fingerprint density at radius 3 is 2.59 bits per heavy atom. The third-order valence-electron chi connectivity index (χ3n) is 4.55. The van der Waals surface area contributed by atoms with E-state index in [9.17, 15) is 9.59 Å². The van der Waals surface area contributed by atoms with Gasteiger partial charge < -0.3 is 20.7 Å². The van der Waals surface area contributed by atoms with Crippen LogP contribution in [0.5, 0.6) is 0 Å². The zero-order chi connectivity index (χ0) is 19.3. The summed E-state index contributed by atoms with van der Waals surface area (Å²) in [4.78, 5) is 25.9. The van der Waals surface area contributed by atoms with Gasteiger partial charge in [-0.2, -0.15) is 0 Å². The molecule has 0 saturated carbocycles. The third kappa shape index (κ3) is 7.97. The van der Waals surface area contributed by atoms with Crippen molar-refractivity contribution in [3.05, 3.63) is 35.9 Å². The van der Waals surface area contributed by atoms with E-state index in [1.807, 2.05) is 37.3 Å². The van der Waals surface area contributed by atoms with Gasteiger partial charge >= 0.3 is 12.0 Å². The maximum absolute atomic E-state index is 12.4. The van der Waals surface area contributed by atoms with E-state index in [0.717, 1.165) is 51.0 Å². The summed E-state index contributed by atoms with van der Waals surface area (Å²) in [6.45, 7) is 6.47. The molecule has 0 spiro atoms. The molecule has 1 aliphatic heterocycles. The van der Waals surface area contributed by atoms with Crippen molar-refractivity contribution in [1.82, 2.24) is 20.9 Å².